The summed E-state index contributed by atoms with van der Waals surface area (Å²) in [6.07, 6.45) is -1.82. The van der Waals surface area contributed by atoms with Gasteiger partial charge in [-0.3, -0.25) is 14.5 Å². The van der Waals surface area contributed by atoms with Crippen molar-refractivity contribution in [2.24, 2.45) is 0 Å². The first-order valence-corrected chi connectivity index (χ1v) is 11.4. The molecule has 2 aliphatic rings. The fourth-order valence-corrected chi connectivity index (χ4v) is 4.85. The highest BCUT2D eigenvalue weighted by molar-refractivity contribution is 5.96. The summed E-state index contributed by atoms with van der Waals surface area (Å²) in [5.74, 6) is -2.02. The Morgan fingerprint density at radius 1 is 0.971 bits per heavy atom. The van der Waals surface area contributed by atoms with Gasteiger partial charge in [0.2, 0.25) is 5.91 Å². The van der Waals surface area contributed by atoms with E-state index in [1.165, 1.54) is 5.56 Å². The minimum Gasteiger partial charge on any atom is -0.343 e. The molecule has 5 nitrogen and oxygen atoms in total. The molecule has 4 rings (SSSR count). The van der Waals surface area contributed by atoms with Gasteiger partial charge in [-0.2, -0.15) is 13.2 Å². The monoisotopic (exact) mass is 477 g/mol. The molecule has 2 heterocycles. The predicted molar refractivity (Wildman–Crippen MR) is 119 cm³/mol. The van der Waals surface area contributed by atoms with Crippen molar-refractivity contribution in [3.8, 4) is 0 Å². The molecule has 182 valence electrons. The average Bonchev–Trinajstić information content (AvgIpc) is 3.32. The molecule has 2 aliphatic heterocycles. The number of benzene rings is 2. The maximum atomic E-state index is 13.7. The van der Waals surface area contributed by atoms with E-state index in [0.29, 0.717) is 31.1 Å². The number of nitrogens with one attached hydrogen (secondary N) is 1. The zero-order valence-electron chi connectivity index (χ0n) is 18.7. The van der Waals surface area contributed by atoms with E-state index in [4.69, 9.17) is 0 Å². The number of carbonyl (C=O) groups excluding carboxylic acids is 2. The van der Waals surface area contributed by atoms with Crippen molar-refractivity contribution in [2.45, 2.75) is 37.4 Å². The van der Waals surface area contributed by atoms with Crippen molar-refractivity contribution in [3.05, 3.63) is 71.0 Å². The van der Waals surface area contributed by atoms with Crippen LogP contribution >= 0.6 is 0 Å². The minimum atomic E-state index is -4.84. The van der Waals surface area contributed by atoms with Gasteiger partial charge in [-0.25, -0.2) is 4.39 Å². The first kappa shape index (κ1) is 24.2. The van der Waals surface area contributed by atoms with E-state index in [1.807, 2.05) is 6.07 Å². The number of piperidine rings is 1. The number of likely N-dealkylation sites (tertiary alicyclic amines) is 2. The Morgan fingerprint density at radius 2 is 1.68 bits per heavy atom. The van der Waals surface area contributed by atoms with Crippen LogP contribution in [0, 0.1) is 5.82 Å². The largest absolute Gasteiger partial charge is 0.419 e. The van der Waals surface area contributed by atoms with Gasteiger partial charge in [0, 0.05) is 24.7 Å². The van der Waals surface area contributed by atoms with Gasteiger partial charge in [0.25, 0.3) is 5.91 Å². The van der Waals surface area contributed by atoms with Crippen LogP contribution in [0.15, 0.2) is 48.5 Å². The molecule has 2 aromatic rings. The molecule has 0 aromatic heterocycles. The molecule has 2 aromatic carbocycles. The van der Waals surface area contributed by atoms with Gasteiger partial charge in [0.15, 0.2) is 0 Å². The predicted octanol–water partition coefficient (Wildman–Crippen LogP) is 4.05. The zero-order valence-corrected chi connectivity index (χ0v) is 18.7. The summed E-state index contributed by atoms with van der Waals surface area (Å²) in [6.45, 7) is 2.84. The second kappa shape index (κ2) is 10.1. The van der Waals surface area contributed by atoms with E-state index in [9.17, 15) is 27.2 Å². The van der Waals surface area contributed by atoms with E-state index in [1.54, 1.807) is 4.90 Å². The fourth-order valence-electron chi connectivity index (χ4n) is 4.85. The highest BCUT2D eigenvalue weighted by Gasteiger charge is 2.35. The van der Waals surface area contributed by atoms with Crippen molar-refractivity contribution in [3.63, 3.8) is 0 Å². The summed E-state index contributed by atoms with van der Waals surface area (Å²) in [7, 11) is 0. The molecule has 0 bridgehead atoms. The molecule has 0 spiro atoms. The van der Waals surface area contributed by atoms with E-state index < -0.39 is 23.5 Å². The Morgan fingerprint density at radius 3 is 2.32 bits per heavy atom. The Balaban J connectivity index is 1.24. The highest BCUT2D eigenvalue weighted by atomic mass is 19.4. The van der Waals surface area contributed by atoms with E-state index in [-0.39, 0.29) is 24.1 Å². The van der Waals surface area contributed by atoms with Crippen LogP contribution in [0.25, 0.3) is 0 Å². The van der Waals surface area contributed by atoms with Gasteiger partial charge in [0.05, 0.1) is 12.1 Å². The van der Waals surface area contributed by atoms with Crippen LogP contribution in [0.1, 0.15) is 46.7 Å². The SMILES string of the molecule is O=C(NCC(=O)N1CCC(N2CCC(c3ccccc3)CC2)C1)c1ccc(C(F)(F)F)c(F)c1. The molecular weight excluding hydrogens is 450 g/mol. The van der Waals surface area contributed by atoms with Gasteiger partial charge < -0.3 is 10.2 Å². The molecule has 2 amide bonds. The van der Waals surface area contributed by atoms with Crippen LogP contribution in [0.4, 0.5) is 17.6 Å². The van der Waals surface area contributed by atoms with Crippen LogP contribution < -0.4 is 5.32 Å². The molecule has 9 heteroatoms. The number of rotatable bonds is 5. The van der Waals surface area contributed by atoms with Crippen LogP contribution in [0.2, 0.25) is 0 Å². The van der Waals surface area contributed by atoms with Crippen molar-refractivity contribution in [1.29, 1.82) is 0 Å². The molecule has 34 heavy (non-hydrogen) atoms. The summed E-state index contributed by atoms with van der Waals surface area (Å²) < 4.78 is 51.7. The summed E-state index contributed by atoms with van der Waals surface area (Å²) in [5, 5.41) is 2.39. The minimum absolute atomic E-state index is 0.262. The lowest BCUT2D eigenvalue weighted by Gasteiger charge is -2.36. The first-order valence-electron chi connectivity index (χ1n) is 11.4. The molecule has 0 radical (unpaired) electrons. The lowest BCUT2D eigenvalue weighted by atomic mass is 9.89. The highest BCUT2D eigenvalue weighted by Crippen LogP contribution is 2.32. The summed E-state index contributed by atoms with van der Waals surface area (Å²) in [5.41, 5.74) is -0.330. The van der Waals surface area contributed by atoms with Gasteiger partial charge in [-0.05, 0) is 62.0 Å². The maximum absolute atomic E-state index is 13.7. The Hall–Kier alpha value is -2.94. The lowest BCUT2D eigenvalue weighted by molar-refractivity contribution is -0.140. The van der Waals surface area contributed by atoms with Crippen LogP contribution in [-0.4, -0.2) is 60.4 Å². The number of hydrogen-bond donors (Lipinski definition) is 1. The Labute approximate surface area is 195 Å². The first-order chi connectivity index (χ1) is 16.2. The molecule has 1 atom stereocenters. The third-order valence-electron chi connectivity index (χ3n) is 6.77. The Bertz CT molecular complexity index is 1020. The lowest BCUT2D eigenvalue weighted by Crippen LogP contribution is -2.44. The zero-order chi connectivity index (χ0) is 24.3. The second-order valence-electron chi connectivity index (χ2n) is 8.88. The fraction of sp³-hybridized carbons (Fsp3) is 0.440. The van der Waals surface area contributed by atoms with Gasteiger partial charge >= 0.3 is 6.18 Å². The summed E-state index contributed by atoms with van der Waals surface area (Å²) >= 11 is 0. The van der Waals surface area contributed by atoms with Crippen LogP contribution in [-0.2, 0) is 11.0 Å². The molecule has 1 unspecified atom stereocenters. The molecule has 0 saturated carbocycles. The average molecular weight is 478 g/mol. The van der Waals surface area contributed by atoms with E-state index in [0.717, 1.165) is 38.4 Å². The van der Waals surface area contributed by atoms with Gasteiger partial charge in [-0.1, -0.05) is 30.3 Å². The number of hydrogen-bond acceptors (Lipinski definition) is 3. The number of carbonyl (C=O) groups is 2. The Kier molecular flexibility index (Phi) is 7.21. The van der Waals surface area contributed by atoms with Crippen LogP contribution in [0.5, 0.6) is 0 Å². The molecular formula is C25H27F4N3O2. The molecule has 2 saturated heterocycles. The number of alkyl halides is 3. The number of halogens is 4. The molecule has 1 N–H and O–H groups in total. The summed E-state index contributed by atoms with van der Waals surface area (Å²) in [6, 6.07) is 12.7. The standard InChI is InChI=1S/C25H27F4N3O2/c26-22-14-19(6-7-21(22)25(27,28)29)24(34)30-15-23(33)32-13-10-20(16-32)31-11-8-18(9-12-31)17-4-2-1-3-5-17/h1-7,14,18,20H,8-13,15-16H2,(H,30,34). The van der Waals surface area contributed by atoms with Gasteiger partial charge in [-0.15, -0.1) is 0 Å². The third kappa shape index (κ3) is 5.58. The topological polar surface area (TPSA) is 52.7 Å². The van der Waals surface area contributed by atoms with E-state index in [2.05, 4.69) is 34.5 Å². The van der Waals surface area contributed by atoms with Crippen molar-refractivity contribution >= 4 is 11.8 Å². The third-order valence-corrected chi connectivity index (χ3v) is 6.77. The van der Waals surface area contributed by atoms with E-state index >= 15 is 0 Å². The van der Waals surface area contributed by atoms with Crippen molar-refractivity contribution in [1.82, 2.24) is 15.1 Å². The van der Waals surface area contributed by atoms with Crippen LogP contribution in [0.3, 0.4) is 0 Å². The summed E-state index contributed by atoms with van der Waals surface area (Å²) in [4.78, 5) is 28.9. The number of nitrogens with zero attached hydrogens (tertiary/aromatic N) is 2. The second-order valence-corrected chi connectivity index (χ2v) is 8.88. The molecule has 2 fully saturated rings. The van der Waals surface area contributed by atoms with Gasteiger partial charge in [0.1, 0.15) is 5.82 Å². The maximum Gasteiger partial charge on any atom is 0.419 e. The van der Waals surface area contributed by atoms with Crippen molar-refractivity contribution < 1.29 is 27.2 Å². The molecule has 0 aliphatic carbocycles. The normalized spacial score (nSPS) is 19.9. The smallest absolute Gasteiger partial charge is 0.343 e. The number of amides is 2. The van der Waals surface area contributed by atoms with Crippen molar-refractivity contribution in [2.75, 3.05) is 32.7 Å². The quantitative estimate of drug-likeness (QED) is 0.661.